The Hall–Kier alpha value is -3.34. The number of carbonyl (C=O) groups excluding carboxylic acids is 1. The van der Waals surface area contributed by atoms with E-state index >= 15 is 0 Å². The average molecular weight is 497 g/mol. The molecule has 0 saturated carbocycles. The van der Waals surface area contributed by atoms with Gasteiger partial charge in [-0.05, 0) is 28.1 Å². The van der Waals surface area contributed by atoms with Gasteiger partial charge in [0.25, 0.3) is 5.91 Å². The molecule has 4 rings (SSSR count). The first-order chi connectivity index (χ1) is 14.6. The molecule has 0 bridgehead atoms. The van der Waals surface area contributed by atoms with Crippen LogP contribution in [0.5, 0.6) is 0 Å². The van der Waals surface area contributed by atoms with Crippen LogP contribution in [0.2, 0.25) is 0 Å². The standard InChI is InChI=1S/C20H10BrF5N4O/c21-12-6-11(22)7-13(23)18(12)28-19(31)15-9-17-27-14(10-4-2-1-3-5-10)8-16(20(24,25)26)30(17)29-15/h1-9H,(H,28,31). The smallest absolute Gasteiger partial charge is 0.317 e. The number of nitrogens with zero attached hydrogens (tertiary/aromatic N) is 3. The summed E-state index contributed by atoms with van der Waals surface area (Å²) in [5, 5.41) is 5.87. The third-order valence-corrected chi connectivity index (χ3v) is 4.89. The third-order valence-electron chi connectivity index (χ3n) is 4.27. The van der Waals surface area contributed by atoms with Gasteiger partial charge in [0, 0.05) is 22.2 Å². The van der Waals surface area contributed by atoms with E-state index in [1.807, 2.05) is 0 Å². The molecule has 31 heavy (non-hydrogen) atoms. The van der Waals surface area contributed by atoms with Crippen molar-refractivity contribution in [1.29, 1.82) is 0 Å². The molecule has 4 aromatic rings. The number of carbonyl (C=O) groups is 1. The van der Waals surface area contributed by atoms with Crippen LogP contribution in [0.25, 0.3) is 16.9 Å². The van der Waals surface area contributed by atoms with Crippen LogP contribution in [-0.4, -0.2) is 20.5 Å². The van der Waals surface area contributed by atoms with E-state index in [9.17, 15) is 26.7 Å². The minimum Gasteiger partial charge on any atom is -0.317 e. The van der Waals surface area contributed by atoms with Gasteiger partial charge in [-0.15, -0.1) is 0 Å². The van der Waals surface area contributed by atoms with Gasteiger partial charge in [-0.1, -0.05) is 30.3 Å². The van der Waals surface area contributed by atoms with E-state index in [4.69, 9.17) is 0 Å². The van der Waals surface area contributed by atoms with E-state index in [1.165, 1.54) is 0 Å². The van der Waals surface area contributed by atoms with Gasteiger partial charge < -0.3 is 5.32 Å². The normalized spacial score (nSPS) is 11.7. The van der Waals surface area contributed by atoms with Crippen LogP contribution in [0.15, 0.2) is 59.1 Å². The minimum absolute atomic E-state index is 0.0413. The molecule has 0 aliphatic carbocycles. The topological polar surface area (TPSA) is 59.3 Å². The average Bonchev–Trinajstić information content (AvgIpc) is 3.14. The molecule has 0 aliphatic rings. The summed E-state index contributed by atoms with van der Waals surface area (Å²) >= 11 is 2.93. The molecule has 158 valence electrons. The van der Waals surface area contributed by atoms with Crippen molar-refractivity contribution in [1.82, 2.24) is 14.6 Å². The Morgan fingerprint density at radius 3 is 2.39 bits per heavy atom. The molecule has 1 amide bonds. The molecular weight excluding hydrogens is 487 g/mol. The lowest BCUT2D eigenvalue weighted by Crippen LogP contribution is -2.16. The molecule has 0 fully saturated rings. The fourth-order valence-electron chi connectivity index (χ4n) is 2.88. The molecule has 0 radical (unpaired) electrons. The van der Waals surface area contributed by atoms with E-state index in [0.29, 0.717) is 16.1 Å². The summed E-state index contributed by atoms with van der Waals surface area (Å²) in [4.78, 5) is 16.7. The lowest BCUT2D eigenvalue weighted by atomic mass is 10.1. The van der Waals surface area contributed by atoms with Crippen molar-refractivity contribution >= 4 is 33.2 Å². The van der Waals surface area contributed by atoms with Crippen LogP contribution < -0.4 is 5.32 Å². The molecule has 0 atom stereocenters. The number of amides is 1. The summed E-state index contributed by atoms with van der Waals surface area (Å²) in [6.07, 6.45) is -4.78. The first-order valence-electron chi connectivity index (χ1n) is 8.63. The number of halogens is 6. The Labute approximate surface area is 179 Å². The molecule has 0 spiro atoms. The molecule has 0 aliphatic heterocycles. The van der Waals surface area contributed by atoms with Crippen molar-refractivity contribution in [3.8, 4) is 11.3 Å². The van der Waals surface area contributed by atoms with Crippen molar-refractivity contribution in [2.75, 3.05) is 5.32 Å². The molecule has 11 heteroatoms. The summed E-state index contributed by atoms with van der Waals surface area (Å²) in [6, 6.07) is 11.6. The fraction of sp³-hybridized carbons (Fsp3) is 0.0500. The lowest BCUT2D eigenvalue weighted by molar-refractivity contribution is -0.142. The largest absolute Gasteiger partial charge is 0.433 e. The monoisotopic (exact) mass is 496 g/mol. The molecule has 2 aromatic heterocycles. The number of nitrogens with one attached hydrogen (secondary N) is 1. The number of hydrogen-bond acceptors (Lipinski definition) is 3. The van der Waals surface area contributed by atoms with Crippen LogP contribution >= 0.6 is 15.9 Å². The summed E-state index contributed by atoms with van der Waals surface area (Å²) in [5.41, 5.74) is -1.68. The molecule has 1 N–H and O–H groups in total. The number of rotatable bonds is 3. The maximum Gasteiger partial charge on any atom is 0.433 e. The second kappa shape index (κ2) is 7.73. The molecule has 2 heterocycles. The van der Waals surface area contributed by atoms with Gasteiger partial charge in [0.05, 0.1) is 11.4 Å². The first kappa shape index (κ1) is 20.9. The fourth-order valence-corrected chi connectivity index (χ4v) is 3.39. The predicted molar refractivity (Wildman–Crippen MR) is 105 cm³/mol. The van der Waals surface area contributed by atoms with Gasteiger partial charge in [-0.2, -0.15) is 18.3 Å². The van der Waals surface area contributed by atoms with E-state index in [2.05, 4.69) is 31.3 Å². The van der Waals surface area contributed by atoms with Gasteiger partial charge in [-0.3, -0.25) is 4.79 Å². The molecule has 2 aromatic carbocycles. The van der Waals surface area contributed by atoms with Crippen LogP contribution in [0.3, 0.4) is 0 Å². The second-order valence-electron chi connectivity index (χ2n) is 6.39. The summed E-state index contributed by atoms with van der Waals surface area (Å²) < 4.78 is 68.5. The number of alkyl halides is 3. The predicted octanol–water partition coefficient (Wildman–Crippen LogP) is 5.71. The highest BCUT2D eigenvalue weighted by Crippen LogP contribution is 2.32. The summed E-state index contributed by atoms with van der Waals surface area (Å²) in [6.45, 7) is 0. The van der Waals surface area contributed by atoms with Gasteiger partial charge in [0.15, 0.2) is 22.9 Å². The van der Waals surface area contributed by atoms with Gasteiger partial charge in [0.2, 0.25) is 0 Å². The molecule has 0 saturated heterocycles. The maximum atomic E-state index is 14.0. The Morgan fingerprint density at radius 1 is 1.03 bits per heavy atom. The van der Waals surface area contributed by atoms with E-state index in [0.717, 1.165) is 18.2 Å². The Bertz CT molecular complexity index is 1280. The highest BCUT2D eigenvalue weighted by atomic mass is 79.9. The van der Waals surface area contributed by atoms with Gasteiger partial charge >= 0.3 is 6.18 Å². The maximum absolute atomic E-state index is 14.0. The van der Waals surface area contributed by atoms with Crippen LogP contribution in [0.4, 0.5) is 27.6 Å². The number of hydrogen-bond donors (Lipinski definition) is 1. The second-order valence-corrected chi connectivity index (χ2v) is 7.24. The highest BCUT2D eigenvalue weighted by molar-refractivity contribution is 9.10. The van der Waals surface area contributed by atoms with Crippen molar-refractivity contribution in [3.05, 3.63) is 82.1 Å². The van der Waals surface area contributed by atoms with E-state index in [1.54, 1.807) is 30.3 Å². The number of fused-ring (bicyclic) bond motifs is 1. The number of anilines is 1. The zero-order chi connectivity index (χ0) is 22.3. The third kappa shape index (κ3) is 4.13. The van der Waals surface area contributed by atoms with Crippen molar-refractivity contribution in [2.45, 2.75) is 6.18 Å². The number of aromatic nitrogens is 3. The molecular formula is C20H10BrF5N4O. The van der Waals surface area contributed by atoms with E-state index < -0.39 is 35.1 Å². The van der Waals surface area contributed by atoms with Crippen LogP contribution in [0, 0.1) is 11.6 Å². The minimum atomic E-state index is -4.78. The first-order valence-corrected chi connectivity index (χ1v) is 9.42. The number of benzene rings is 2. The Morgan fingerprint density at radius 2 is 1.74 bits per heavy atom. The van der Waals surface area contributed by atoms with Gasteiger partial charge in [-0.25, -0.2) is 18.3 Å². The Balaban J connectivity index is 1.79. The summed E-state index contributed by atoms with van der Waals surface area (Å²) in [5.74, 6) is -2.93. The van der Waals surface area contributed by atoms with Crippen molar-refractivity contribution < 1.29 is 26.7 Å². The highest BCUT2D eigenvalue weighted by Gasteiger charge is 2.35. The van der Waals surface area contributed by atoms with Crippen LogP contribution in [-0.2, 0) is 6.18 Å². The van der Waals surface area contributed by atoms with E-state index in [-0.39, 0.29) is 21.5 Å². The van der Waals surface area contributed by atoms with Crippen molar-refractivity contribution in [3.63, 3.8) is 0 Å². The summed E-state index contributed by atoms with van der Waals surface area (Å²) in [7, 11) is 0. The Kier molecular flexibility index (Phi) is 5.21. The SMILES string of the molecule is O=C(Nc1c(F)cc(F)cc1Br)c1cc2nc(-c3ccccc3)cc(C(F)(F)F)n2n1. The lowest BCUT2D eigenvalue weighted by Gasteiger charge is -2.11. The zero-order valence-electron chi connectivity index (χ0n) is 15.2. The van der Waals surface area contributed by atoms with Gasteiger partial charge in [0.1, 0.15) is 5.82 Å². The molecule has 5 nitrogen and oxygen atoms in total. The van der Waals surface area contributed by atoms with Crippen molar-refractivity contribution in [2.24, 2.45) is 0 Å². The van der Waals surface area contributed by atoms with Crippen LogP contribution in [0.1, 0.15) is 16.2 Å². The zero-order valence-corrected chi connectivity index (χ0v) is 16.8. The quantitative estimate of drug-likeness (QED) is 0.369. The molecule has 0 unspecified atom stereocenters.